The maximum atomic E-state index is 13.3. The molecule has 7 nitrogen and oxygen atoms in total. The minimum absolute atomic E-state index is 0.0494. The molecule has 3 aliphatic heterocycles. The topological polar surface area (TPSA) is 66.8 Å². The molecule has 2 saturated heterocycles. The lowest BCUT2D eigenvalue weighted by Crippen LogP contribution is -2.42. The number of carbonyl (C=O) groups excluding carboxylic acids is 2. The van der Waals surface area contributed by atoms with Gasteiger partial charge in [-0.3, -0.25) is 14.5 Å². The molecule has 33 heavy (non-hydrogen) atoms. The number of carbonyl (C=O) groups is 2. The van der Waals surface area contributed by atoms with Crippen molar-refractivity contribution in [3.63, 3.8) is 0 Å². The van der Waals surface area contributed by atoms with Crippen molar-refractivity contribution in [3.8, 4) is 0 Å². The van der Waals surface area contributed by atoms with Crippen molar-refractivity contribution in [1.29, 1.82) is 0 Å². The van der Waals surface area contributed by atoms with E-state index in [1.165, 1.54) is 22.2 Å². The largest absolute Gasteiger partial charge is 0.381 e. The molecule has 0 bridgehead atoms. The minimum atomic E-state index is -0.0733. The Bertz CT molecular complexity index is 1080. The molecule has 4 heterocycles. The number of amides is 2. The lowest BCUT2D eigenvalue weighted by atomic mass is 9.99. The van der Waals surface area contributed by atoms with E-state index in [4.69, 9.17) is 4.74 Å². The molecule has 2 amide bonds. The summed E-state index contributed by atoms with van der Waals surface area (Å²) in [7, 11) is 2.15. The highest BCUT2D eigenvalue weighted by Crippen LogP contribution is 2.33. The molecule has 0 radical (unpaired) electrons. The fraction of sp³-hybridized carbons (Fsp3) is 0.615. The Morgan fingerprint density at radius 3 is 2.67 bits per heavy atom. The lowest BCUT2D eigenvalue weighted by molar-refractivity contribution is -0.124. The zero-order valence-electron chi connectivity index (χ0n) is 19.5. The summed E-state index contributed by atoms with van der Waals surface area (Å²) in [5, 5.41) is 4.30. The van der Waals surface area contributed by atoms with Crippen LogP contribution >= 0.6 is 0 Å². The third-order valence-electron chi connectivity index (χ3n) is 8.16. The second kappa shape index (κ2) is 8.44. The van der Waals surface area contributed by atoms with E-state index in [0.717, 1.165) is 70.4 Å². The normalized spacial score (nSPS) is 24.3. The van der Waals surface area contributed by atoms with Crippen LogP contribution in [-0.4, -0.2) is 71.1 Å². The molecule has 1 aromatic heterocycles. The Morgan fingerprint density at radius 2 is 1.88 bits per heavy atom. The molecule has 6 rings (SSSR count). The lowest BCUT2D eigenvalue weighted by Gasteiger charge is -2.37. The first-order valence-corrected chi connectivity index (χ1v) is 12.6. The quantitative estimate of drug-likeness (QED) is 0.777. The number of likely N-dealkylation sites (tertiary alicyclic amines) is 1. The highest BCUT2D eigenvalue weighted by molar-refractivity contribution is 5.99. The number of ether oxygens (including phenoxy) is 1. The van der Waals surface area contributed by atoms with Crippen LogP contribution in [0.2, 0.25) is 0 Å². The van der Waals surface area contributed by atoms with Crippen LogP contribution in [0.5, 0.6) is 0 Å². The smallest absolute Gasteiger partial charge is 0.253 e. The second-order valence-electron chi connectivity index (χ2n) is 10.3. The van der Waals surface area contributed by atoms with Gasteiger partial charge in [0.2, 0.25) is 5.91 Å². The summed E-state index contributed by atoms with van der Waals surface area (Å²) in [5.41, 5.74) is 4.72. The second-order valence-corrected chi connectivity index (χ2v) is 10.3. The first-order valence-electron chi connectivity index (χ1n) is 12.6. The fourth-order valence-corrected chi connectivity index (χ4v) is 5.98. The molecule has 1 aliphatic carbocycles. The summed E-state index contributed by atoms with van der Waals surface area (Å²) in [4.78, 5) is 30.3. The van der Waals surface area contributed by atoms with Crippen LogP contribution in [0.3, 0.4) is 0 Å². The number of hydrogen-bond acceptors (Lipinski definition) is 4. The van der Waals surface area contributed by atoms with Gasteiger partial charge in [-0.05, 0) is 55.9 Å². The molecule has 1 saturated carbocycles. The predicted molar refractivity (Wildman–Crippen MR) is 126 cm³/mol. The van der Waals surface area contributed by atoms with Gasteiger partial charge in [-0.2, -0.15) is 0 Å². The molecule has 1 unspecified atom stereocenters. The van der Waals surface area contributed by atoms with Gasteiger partial charge in [-0.1, -0.05) is 0 Å². The van der Waals surface area contributed by atoms with Gasteiger partial charge in [-0.25, -0.2) is 0 Å². The first-order chi connectivity index (χ1) is 16.1. The minimum Gasteiger partial charge on any atom is -0.381 e. The molecular weight excluding hydrogens is 416 g/mol. The van der Waals surface area contributed by atoms with Crippen LogP contribution in [-0.2, 0) is 29.5 Å². The van der Waals surface area contributed by atoms with E-state index in [9.17, 15) is 9.59 Å². The molecule has 1 atom stereocenters. The Hall–Kier alpha value is -2.38. The fourth-order valence-electron chi connectivity index (χ4n) is 5.98. The summed E-state index contributed by atoms with van der Waals surface area (Å²) in [5.74, 6) is 0.0951. The molecule has 1 N–H and O–H groups in total. The summed E-state index contributed by atoms with van der Waals surface area (Å²) >= 11 is 0. The zero-order valence-corrected chi connectivity index (χ0v) is 19.5. The average molecular weight is 451 g/mol. The van der Waals surface area contributed by atoms with Crippen molar-refractivity contribution in [2.45, 2.75) is 57.2 Å². The van der Waals surface area contributed by atoms with E-state index in [0.29, 0.717) is 25.2 Å². The van der Waals surface area contributed by atoms with Crippen molar-refractivity contribution in [2.24, 2.45) is 13.0 Å². The zero-order chi connectivity index (χ0) is 22.5. The van der Waals surface area contributed by atoms with Crippen LogP contribution in [0, 0.1) is 5.92 Å². The van der Waals surface area contributed by atoms with Gasteiger partial charge in [0.15, 0.2) is 0 Å². The Kier molecular flexibility index (Phi) is 5.41. The Morgan fingerprint density at radius 1 is 1.06 bits per heavy atom. The number of nitrogens with zero attached hydrogens (tertiary/aromatic N) is 3. The summed E-state index contributed by atoms with van der Waals surface area (Å²) in [6.45, 7) is 4.94. The summed E-state index contributed by atoms with van der Waals surface area (Å²) in [6, 6.07) is 7.13. The number of nitrogens with one attached hydrogen (secondary N) is 1. The van der Waals surface area contributed by atoms with Gasteiger partial charge < -0.3 is 19.5 Å². The number of hydrogen-bond donors (Lipinski definition) is 1. The van der Waals surface area contributed by atoms with Crippen LogP contribution in [0.4, 0.5) is 0 Å². The third kappa shape index (κ3) is 3.95. The Balaban J connectivity index is 1.22. The number of rotatable bonds is 4. The summed E-state index contributed by atoms with van der Waals surface area (Å²) in [6.07, 6.45) is 6.20. The van der Waals surface area contributed by atoms with Crippen molar-refractivity contribution in [3.05, 3.63) is 35.0 Å². The van der Waals surface area contributed by atoms with Crippen LogP contribution < -0.4 is 5.32 Å². The van der Waals surface area contributed by atoms with E-state index in [1.807, 2.05) is 11.0 Å². The van der Waals surface area contributed by atoms with Gasteiger partial charge in [-0.15, -0.1) is 0 Å². The van der Waals surface area contributed by atoms with E-state index in [1.54, 1.807) is 0 Å². The number of aryl methyl sites for hydroxylation is 1. The standard InChI is InChI=1S/C26H34N4O3/c1-28-23-5-2-17(26(32)30-10-6-18(15-30)25(31)27-19-3-4-19)14-21(23)22-16-29(11-7-24(22)28)20-8-12-33-13-9-20/h2,5,14,18-20H,3-4,6-13,15-16H2,1H3,(H,27,31). The number of benzene rings is 1. The molecule has 176 valence electrons. The van der Waals surface area contributed by atoms with Crippen molar-refractivity contribution in [2.75, 3.05) is 32.8 Å². The molecule has 1 aromatic carbocycles. The maximum Gasteiger partial charge on any atom is 0.253 e. The first kappa shape index (κ1) is 21.2. The monoisotopic (exact) mass is 450 g/mol. The Labute approximate surface area is 195 Å². The molecule has 7 heteroatoms. The van der Waals surface area contributed by atoms with Gasteiger partial charge in [0.25, 0.3) is 5.91 Å². The van der Waals surface area contributed by atoms with Crippen LogP contribution in [0.25, 0.3) is 10.9 Å². The van der Waals surface area contributed by atoms with Gasteiger partial charge in [0.05, 0.1) is 5.92 Å². The number of fused-ring (bicyclic) bond motifs is 3. The van der Waals surface area contributed by atoms with Gasteiger partial charge in [0.1, 0.15) is 0 Å². The molecule has 3 fully saturated rings. The SMILES string of the molecule is Cn1c2c(c3cc(C(=O)N4CCC(C(=O)NC5CC5)C4)ccc31)CN(C1CCOCC1)CC2. The van der Waals surface area contributed by atoms with Gasteiger partial charge >= 0.3 is 0 Å². The van der Waals surface area contributed by atoms with E-state index < -0.39 is 0 Å². The van der Waals surface area contributed by atoms with Crippen molar-refractivity contribution >= 4 is 22.7 Å². The number of aromatic nitrogens is 1. The molecular formula is C26H34N4O3. The van der Waals surface area contributed by atoms with Crippen molar-refractivity contribution < 1.29 is 14.3 Å². The third-order valence-corrected chi connectivity index (χ3v) is 8.16. The van der Waals surface area contributed by atoms with E-state index in [-0.39, 0.29) is 17.7 Å². The molecule has 0 spiro atoms. The average Bonchev–Trinajstić information content (AvgIpc) is 3.45. The van der Waals surface area contributed by atoms with Crippen LogP contribution in [0.1, 0.15) is 53.7 Å². The molecule has 2 aromatic rings. The van der Waals surface area contributed by atoms with Crippen molar-refractivity contribution in [1.82, 2.24) is 19.7 Å². The van der Waals surface area contributed by atoms with Gasteiger partial charge in [0, 0.05) is 87.1 Å². The highest BCUT2D eigenvalue weighted by Gasteiger charge is 2.35. The summed E-state index contributed by atoms with van der Waals surface area (Å²) < 4.78 is 7.89. The van der Waals surface area contributed by atoms with Crippen LogP contribution in [0.15, 0.2) is 18.2 Å². The van der Waals surface area contributed by atoms with E-state index >= 15 is 0 Å². The molecule has 4 aliphatic rings. The van der Waals surface area contributed by atoms with E-state index in [2.05, 4.69) is 34.0 Å². The highest BCUT2D eigenvalue weighted by atomic mass is 16.5. The maximum absolute atomic E-state index is 13.3. The predicted octanol–water partition coefficient (Wildman–Crippen LogP) is 2.46.